The van der Waals surface area contributed by atoms with Crippen LogP contribution in [0.25, 0.3) is 0 Å². The van der Waals surface area contributed by atoms with Crippen molar-refractivity contribution in [2.45, 2.75) is 38.5 Å². The fraction of sp³-hybridized carbons (Fsp3) is 0.400. The Morgan fingerprint density at radius 2 is 2.30 bits per heavy atom. The first-order valence-corrected chi connectivity index (χ1v) is 7.71. The summed E-state index contributed by atoms with van der Waals surface area (Å²) in [6, 6.07) is 7.93. The summed E-state index contributed by atoms with van der Waals surface area (Å²) in [4.78, 5) is 0. The molecule has 2 N–H and O–H groups in total. The average molecular weight is 336 g/mol. The van der Waals surface area contributed by atoms with Crippen molar-refractivity contribution >= 4 is 15.9 Å². The number of hydrogen-bond acceptors (Lipinski definition) is 3. The van der Waals surface area contributed by atoms with E-state index in [1.54, 1.807) is 0 Å². The Hall–Kier alpha value is -1.33. The van der Waals surface area contributed by atoms with Gasteiger partial charge in [0, 0.05) is 13.0 Å². The van der Waals surface area contributed by atoms with Crippen molar-refractivity contribution < 1.29 is 4.74 Å². The standard InChI is InChI=1S/C15H18BrN3O/c1-2-7-19-15(11(16)9-18-19)14(17)13-8-10-5-3-4-6-12(10)20-13/h3-6,9,13-14H,2,7-8,17H2,1H3. The van der Waals surface area contributed by atoms with Crippen molar-refractivity contribution in [1.82, 2.24) is 9.78 Å². The first-order valence-electron chi connectivity index (χ1n) is 6.92. The molecule has 2 aromatic rings. The Bertz CT molecular complexity index is 586. The highest BCUT2D eigenvalue weighted by Crippen LogP contribution is 2.35. The molecule has 20 heavy (non-hydrogen) atoms. The molecule has 2 heterocycles. The maximum Gasteiger partial charge on any atom is 0.124 e. The molecule has 0 fully saturated rings. The van der Waals surface area contributed by atoms with Gasteiger partial charge in [-0.25, -0.2) is 0 Å². The van der Waals surface area contributed by atoms with Crippen LogP contribution in [0.5, 0.6) is 5.75 Å². The monoisotopic (exact) mass is 335 g/mol. The number of rotatable bonds is 4. The molecule has 0 amide bonds. The predicted octanol–water partition coefficient (Wildman–Crippen LogP) is 3.06. The maximum atomic E-state index is 6.44. The van der Waals surface area contributed by atoms with E-state index in [0.717, 1.165) is 35.3 Å². The minimum absolute atomic E-state index is 0.0315. The second-order valence-electron chi connectivity index (χ2n) is 5.09. The van der Waals surface area contributed by atoms with Gasteiger partial charge in [-0.15, -0.1) is 0 Å². The lowest BCUT2D eigenvalue weighted by Gasteiger charge is -2.21. The third-order valence-corrected chi connectivity index (χ3v) is 4.27. The van der Waals surface area contributed by atoms with Gasteiger partial charge in [-0.1, -0.05) is 25.1 Å². The van der Waals surface area contributed by atoms with E-state index in [0.29, 0.717) is 0 Å². The molecule has 5 heteroatoms. The number of ether oxygens (including phenoxy) is 1. The highest BCUT2D eigenvalue weighted by molar-refractivity contribution is 9.10. The topological polar surface area (TPSA) is 53.1 Å². The Kier molecular flexibility index (Phi) is 3.81. The molecule has 0 radical (unpaired) electrons. The second kappa shape index (κ2) is 5.58. The van der Waals surface area contributed by atoms with E-state index in [2.05, 4.69) is 34.0 Å². The molecule has 2 unspecified atom stereocenters. The molecule has 106 valence electrons. The van der Waals surface area contributed by atoms with Gasteiger partial charge in [0.25, 0.3) is 0 Å². The van der Waals surface area contributed by atoms with Crippen molar-refractivity contribution in [1.29, 1.82) is 0 Å². The number of fused-ring (bicyclic) bond motifs is 1. The van der Waals surface area contributed by atoms with Gasteiger partial charge in [0.2, 0.25) is 0 Å². The third-order valence-electron chi connectivity index (χ3n) is 3.66. The van der Waals surface area contributed by atoms with Gasteiger partial charge in [0.05, 0.1) is 22.4 Å². The summed E-state index contributed by atoms with van der Waals surface area (Å²) in [6.45, 7) is 3.00. The van der Waals surface area contributed by atoms with Crippen LogP contribution in [-0.4, -0.2) is 15.9 Å². The Labute approximate surface area is 127 Å². The van der Waals surface area contributed by atoms with E-state index >= 15 is 0 Å². The number of aromatic nitrogens is 2. The van der Waals surface area contributed by atoms with E-state index in [1.165, 1.54) is 5.56 Å². The minimum Gasteiger partial charge on any atom is -0.488 e. The lowest BCUT2D eigenvalue weighted by atomic mass is 10.0. The molecule has 1 aromatic carbocycles. The molecule has 4 nitrogen and oxygen atoms in total. The summed E-state index contributed by atoms with van der Waals surface area (Å²) in [5, 5.41) is 4.38. The fourth-order valence-electron chi connectivity index (χ4n) is 2.68. The molecular weight excluding hydrogens is 318 g/mol. The Morgan fingerprint density at radius 1 is 1.50 bits per heavy atom. The van der Waals surface area contributed by atoms with Crippen LogP contribution in [0.15, 0.2) is 34.9 Å². The Morgan fingerprint density at radius 3 is 3.05 bits per heavy atom. The number of nitrogens with zero attached hydrogens (tertiary/aromatic N) is 2. The van der Waals surface area contributed by atoms with Gasteiger partial charge in [0.15, 0.2) is 0 Å². The number of benzene rings is 1. The summed E-state index contributed by atoms with van der Waals surface area (Å²) in [5.41, 5.74) is 8.69. The van der Waals surface area contributed by atoms with E-state index in [-0.39, 0.29) is 12.1 Å². The van der Waals surface area contributed by atoms with Crippen molar-refractivity contribution in [2.75, 3.05) is 0 Å². The number of halogens is 1. The average Bonchev–Trinajstić information content (AvgIpc) is 3.02. The molecule has 3 rings (SSSR count). The van der Waals surface area contributed by atoms with E-state index in [9.17, 15) is 0 Å². The van der Waals surface area contributed by atoms with Crippen LogP contribution in [0.1, 0.15) is 30.6 Å². The lowest BCUT2D eigenvalue weighted by Crippen LogP contribution is -2.32. The molecule has 0 saturated carbocycles. The van der Waals surface area contributed by atoms with Crippen LogP contribution >= 0.6 is 15.9 Å². The largest absolute Gasteiger partial charge is 0.488 e. The Balaban J connectivity index is 1.84. The number of aryl methyl sites for hydroxylation is 1. The lowest BCUT2D eigenvalue weighted by molar-refractivity contribution is 0.194. The van der Waals surface area contributed by atoms with Crippen molar-refractivity contribution in [3.05, 3.63) is 46.2 Å². The quantitative estimate of drug-likeness (QED) is 0.934. The smallest absolute Gasteiger partial charge is 0.124 e. The van der Waals surface area contributed by atoms with Gasteiger partial charge in [-0.2, -0.15) is 5.10 Å². The molecular formula is C15H18BrN3O. The molecule has 0 spiro atoms. The number of hydrogen-bond donors (Lipinski definition) is 1. The van der Waals surface area contributed by atoms with Crippen molar-refractivity contribution in [3.8, 4) is 5.75 Å². The number of para-hydroxylation sites is 1. The zero-order chi connectivity index (χ0) is 14.1. The van der Waals surface area contributed by atoms with Crippen LogP contribution < -0.4 is 10.5 Å². The van der Waals surface area contributed by atoms with E-state index < -0.39 is 0 Å². The van der Waals surface area contributed by atoms with E-state index in [1.807, 2.05) is 29.1 Å². The van der Waals surface area contributed by atoms with Gasteiger partial charge in [-0.3, -0.25) is 4.68 Å². The van der Waals surface area contributed by atoms with E-state index in [4.69, 9.17) is 10.5 Å². The zero-order valence-electron chi connectivity index (χ0n) is 11.4. The van der Waals surface area contributed by atoms with Gasteiger partial charge >= 0.3 is 0 Å². The highest BCUT2D eigenvalue weighted by Gasteiger charge is 2.32. The molecule has 1 aliphatic heterocycles. The maximum absolute atomic E-state index is 6.44. The second-order valence-corrected chi connectivity index (χ2v) is 5.95. The molecule has 0 bridgehead atoms. The predicted molar refractivity (Wildman–Crippen MR) is 81.7 cm³/mol. The van der Waals surface area contributed by atoms with Crippen molar-refractivity contribution in [3.63, 3.8) is 0 Å². The first kappa shape index (κ1) is 13.6. The summed E-state index contributed by atoms with van der Waals surface area (Å²) >= 11 is 3.55. The normalized spacial score (nSPS) is 18.6. The third kappa shape index (κ3) is 2.36. The summed E-state index contributed by atoms with van der Waals surface area (Å²) < 4.78 is 8.92. The van der Waals surface area contributed by atoms with Crippen LogP contribution in [-0.2, 0) is 13.0 Å². The van der Waals surface area contributed by atoms with Crippen LogP contribution in [0.2, 0.25) is 0 Å². The highest BCUT2D eigenvalue weighted by atomic mass is 79.9. The van der Waals surface area contributed by atoms with Crippen molar-refractivity contribution in [2.24, 2.45) is 5.73 Å². The van der Waals surface area contributed by atoms with Crippen LogP contribution in [0, 0.1) is 0 Å². The van der Waals surface area contributed by atoms with Gasteiger partial charge < -0.3 is 10.5 Å². The SMILES string of the molecule is CCCn1ncc(Br)c1C(N)C1Cc2ccccc2O1. The minimum atomic E-state index is -0.189. The van der Waals surface area contributed by atoms with Crippen LogP contribution in [0.3, 0.4) is 0 Å². The summed E-state index contributed by atoms with van der Waals surface area (Å²) in [5.74, 6) is 0.950. The number of nitrogens with two attached hydrogens (primary N) is 1. The molecule has 1 aliphatic rings. The molecule has 1 aromatic heterocycles. The van der Waals surface area contributed by atoms with Gasteiger partial charge in [-0.05, 0) is 34.0 Å². The molecule has 2 atom stereocenters. The molecule has 0 saturated heterocycles. The fourth-order valence-corrected chi connectivity index (χ4v) is 3.24. The summed E-state index contributed by atoms with van der Waals surface area (Å²) in [6.07, 6.45) is 3.66. The first-order chi connectivity index (χ1) is 9.70. The molecule has 0 aliphatic carbocycles. The zero-order valence-corrected chi connectivity index (χ0v) is 13.0. The van der Waals surface area contributed by atoms with Crippen LogP contribution in [0.4, 0.5) is 0 Å². The summed E-state index contributed by atoms with van der Waals surface area (Å²) in [7, 11) is 0. The van der Waals surface area contributed by atoms with Gasteiger partial charge in [0.1, 0.15) is 11.9 Å².